The number of aryl methyl sites for hydroxylation is 1. The summed E-state index contributed by atoms with van der Waals surface area (Å²) in [6.07, 6.45) is 3.09. The van der Waals surface area contributed by atoms with E-state index in [0.29, 0.717) is 34.3 Å². The Morgan fingerprint density at radius 3 is 2.27 bits per heavy atom. The van der Waals surface area contributed by atoms with Crippen LogP contribution in [0.3, 0.4) is 0 Å². The van der Waals surface area contributed by atoms with Crippen molar-refractivity contribution in [2.45, 2.75) is 6.92 Å². The Bertz CT molecular complexity index is 697. The Hall–Kier alpha value is -2.69. The van der Waals surface area contributed by atoms with E-state index < -0.39 is 0 Å². The first-order valence-corrected chi connectivity index (χ1v) is 6.68. The summed E-state index contributed by atoms with van der Waals surface area (Å²) in [5.74, 6) is 2.32. The Labute approximate surface area is 129 Å². The second-order valence-electron chi connectivity index (χ2n) is 4.53. The summed E-state index contributed by atoms with van der Waals surface area (Å²) in [4.78, 5) is 12.0. The van der Waals surface area contributed by atoms with Gasteiger partial charge in [-0.05, 0) is 43.3 Å². The average Bonchev–Trinajstić information content (AvgIpc) is 2.97. The van der Waals surface area contributed by atoms with Gasteiger partial charge in [-0.2, -0.15) is 0 Å². The minimum Gasteiger partial charge on any atom is -0.493 e. The molecule has 1 heterocycles. The number of ether oxygens (including phenoxy) is 3. The maximum atomic E-state index is 12.0. The highest BCUT2D eigenvalue weighted by molar-refractivity contribution is 6.05. The van der Waals surface area contributed by atoms with E-state index in [4.69, 9.17) is 18.6 Å². The van der Waals surface area contributed by atoms with E-state index in [0.717, 1.165) is 0 Å². The van der Waals surface area contributed by atoms with Gasteiger partial charge in [-0.1, -0.05) is 0 Å². The second-order valence-corrected chi connectivity index (χ2v) is 4.53. The fourth-order valence-electron chi connectivity index (χ4n) is 2.07. The number of ketones is 1. The Morgan fingerprint density at radius 1 is 1.00 bits per heavy atom. The van der Waals surface area contributed by atoms with Gasteiger partial charge in [0, 0.05) is 5.56 Å². The fraction of sp³-hybridized carbons (Fsp3) is 0.235. The van der Waals surface area contributed by atoms with Crippen molar-refractivity contribution in [1.82, 2.24) is 0 Å². The fourth-order valence-corrected chi connectivity index (χ4v) is 2.07. The van der Waals surface area contributed by atoms with Crippen LogP contribution in [0.25, 0.3) is 6.08 Å². The molecule has 2 aromatic rings. The predicted molar refractivity (Wildman–Crippen MR) is 82.9 cm³/mol. The van der Waals surface area contributed by atoms with Gasteiger partial charge in [-0.25, -0.2) is 0 Å². The van der Waals surface area contributed by atoms with E-state index in [2.05, 4.69) is 0 Å². The van der Waals surface area contributed by atoms with Crippen molar-refractivity contribution in [3.8, 4) is 17.2 Å². The highest BCUT2D eigenvalue weighted by atomic mass is 16.5. The summed E-state index contributed by atoms with van der Waals surface area (Å²) in [7, 11) is 4.62. The molecule has 0 saturated carbocycles. The summed E-state index contributed by atoms with van der Waals surface area (Å²) in [5.41, 5.74) is 0.705. The molecule has 0 unspecified atom stereocenters. The molecule has 0 bridgehead atoms. The lowest BCUT2D eigenvalue weighted by molar-refractivity contribution is 0.102. The van der Waals surface area contributed by atoms with Gasteiger partial charge in [0.25, 0.3) is 0 Å². The minimum atomic E-state index is -0.218. The van der Waals surface area contributed by atoms with E-state index >= 15 is 0 Å². The standard InChI is InChI=1S/C17H18O5/c1-11-5-9-14(22-11)13(18)8-6-12-7-10-15(19-2)17(21-4)16(12)20-3/h5-10H,1-4H3. The molecule has 0 atom stereocenters. The van der Waals surface area contributed by atoms with E-state index in [1.54, 1.807) is 44.4 Å². The Kier molecular flexibility index (Phi) is 4.88. The number of hydrogen-bond acceptors (Lipinski definition) is 5. The summed E-state index contributed by atoms with van der Waals surface area (Å²) >= 11 is 0. The predicted octanol–water partition coefficient (Wildman–Crippen LogP) is 3.51. The van der Waals surface area contributed by atoms with Crippen molar-refractivity contribution in [1.29, 1.82) is 0 Å². The molecular formula is C17H18O5. The Balaban J connectivity index is 2.32. The molecule has 0 N–H and O–H groups in total. The molecule has 2 rings (SSSR count). The molecule has 0 saturated heterocycles. The molecule has 1 aromatic heterocycles. The largest absolute Gasteiger partial charge is 0.493 e. The number of rotatable bonds is 6. The van der Waals surface area contributed by atoms with E-state index in [-0.39, 0.29) is 5.78 Å². The van der Waals surface area contributed by atoms with Gasteiger partial charge < -0.3 is 18.6 Å². The topological polar surface area (TPSA) is 57.9 Å². The van der Waals surface area contributed by atoms with Crippen LogP contribution in [-0.2, 0) is 0 Å². The van der Waals surface area contributed by atoms with Crippen molar-refractivity contribution in [3.05, 3.63) is 47.4 Å². The highest BCUT2D eigenvalue weighted by Crippen LogP contribution is 2.40. The lowest BCUT2D eigenvalue weighted by Gasteiger charge is -2.13. The van der Waals surface area contributed by atoms with E-state index in [9.17, 15) is 4.79 Å². The summed E-state index contributed by atoms with van der Waals surface area (Å²) in [6, 6.07) is 6.94. The minimum absolute atomic E-state index is 0.218. The van der Waals surface area contributed by atoms with Gasteiger partial charge >= 0.3 is 0 Å². The van der Waals surface area contributed by atoms with Crippen LogP contribution in [0.2, 0.25) is 0 Å². The zero-order valence-electron chi connectivity index (χ0n) is 13.0. The molecule has 0 fully saturated rings. The molecule has 0 spiro atoms. The molecule has 0 aliphatic heterocycles. The number of methoxy groups -OCH3 is 3. The van der Waals surface area contributed by atoms with E-state index in [1.807, 2.05) is 0 Å². The molecule has 1 aromatic carbocycles. The zero-order chi connectivity index (χ0) is 16.1. The summed E-state index contributed by atoms with van der Waals surface area (Å²) in [6.45, 7) is 1.79. The Morgan fingerprint density at radius 2 is 1.73 bits per heavy atom. The van der Waals surface area contributed by atoms with Crippen molar-refractivity contribution >= 4 is 11.9 Å². The number of carbonyl (C=O) groups is 1. The maximum absolute atomic E-state index is 12.0. The number of benzene rings is 1. The van der Waals surface area contributed by atoms with Gasteiger partial charge in [0.1, 0.15) is 5.76 Å². The molecule has 5 nitrogen and oxygen atoms in total. The van der Waals surface area contributed by atoms with Gasteiger partial charge in [0.15, 0.2) is 17.3 Å². The van der Waals surface area contributed by atoms with E-state index in [1.165, 1.54) is 20.3 Å². The molecule has 0 radical (unpaired) electrons. The third-order valence-corrected chi connectivity index (χ3v) is 3.13. The monoisotopic (exact) mass is 302 g/mol. The second kappa shape index (κ2) is 6.85. The zero-order valence-corrected chi connectivity index (χ0v) is 13.0. The smallest absolute Gasteiger partial charge is 0.221 e. The lowest BCUT2D eigenvalue weighted by Crippen LogP contribution is -1.97. The normalized spacial score (nSPS) is 10.7. The van der Waals surface area contributed by atoms with Crippen LogP contribution in [0.15, 0.2) is 34.8 Å². The third-order valence-electron chi connectivity index (χ3n) is 3.13. The molecule has 22 heavy (non-hydrogen) atoms. The van der Waals surface area contributed by atoms with Crippen molar-refractivity contribution < 1.29 is 23.4 Å². The molecule has 0 aliphatic rings. The van der Waals surface area contributed by atoms with Crippen LogP contribution in [0, 0.1) is 6.92 Å². The van der Waals surface area contributed by atoms with Crippen LogP contribution in [0.5, 0.6) is 17.2 Å². The first kappa shape index (κ1) is 15.7. The van der Waals surface area contributed by atoms with Crippen LogP contribution in [0.1, 0.15) is 21.9 Å². The third kappa shape index (κ3) is 3.14. The summed E-state index contributed by atoms with van der Waals surface area (Å²) in [5, 5.41) is 0. The van der Waals surface area contributed by atoms with Crippen LogP contribution in [0.4, 0.5) is 0 Å². The lowest BCUT2D eigenvalue weighted by atomic mass is 10.1. The molecule has 0 aliphatic carbocycles. The van der Waals surface area contributed by atoms with Crippen LogP contribution < -0.4 is 14.2 Å². The first-order chi connectivity index (χ1) is 10.6. The molecule has 0 amide bonds. The van der Waals surface area contributed by atoms with Gasteiger partial charge in [0.2, 0.25) is 11.5 Å². The SMILES string of the molecule is COc1ccc(C=CC(=O)c2ccc(C)o2)c(OC)c1OC. The quantitative estimate of drug-likeness (QED) is 0.603. The number of carbonyl (C=O) groups excluding carboxylic acids is 1. The van der Waals surface area contributed by atoms with Crippen LogP contribution >= 0.6 is 0 Å². The first-order valence-electron chi connectivity index (χ1n) is 6.68. The van der Waals surface area contributed by atoms with Crippen molar-refractivity contribution in [3.63, 3.8) is 0 Å². The molecule has 116 valence electrons. The summed E-state index contributed by atoms with van der Waals surface area (Å²) < 4.78 is 21.2. The molecule has 5 heteroatoms. The van der Waals surface area contributed by atoms with Gasteiger partial charge in [-0.3, -0.25) is 4.79 Å². The van der Waals surface area contributed by atoms with Crippen molar-refractivity contribution in [2.24, 2.45) is 0 Å². The number of furan rings is 1. The number of allylic oxidation sites excluding steroid dienone is 1. The molecular weight excluding hydrogens is 284 g/mol. The van der Waals surface area contributed by atoms with Gasteiger partial charge in [-0.15, -0.1) is 0 Å². The van der Waals surface area contributed by atoms with Gasteiger partial charge in [0.05, 0.1) is 21.3 Å². The van der Waals surface area contributed by atoms with Crippen LogP contribution in [-0.4, -0.2) is 27.1 Å². The van der Waals surface area contributed by atoms with Crippen molar-refractivity contribution in [2.75, 3.05) is 21.3 Å². The maximum Gasteiger partial charge on any atom is 0.221 e. The number of hydrogen-bond donors (Lipinski definition) is 0. The average molecular weight is 302 g/mol. The highest BCUT2D eigenvalue weighted by Gasteiger charge is 2.14.